The molecule has 2 rings (SSSR count). The van der Waals surface area contributed by atoms with Gasteiger partial charge in [-0.05, 0) is 38.7 Å². The van der Waals surface area contributed by atoms with Crippen LogP contribution < -0.4 is 10.6 Å². The summed E-state index contributed by atoms with van der Waals surface area (Å²) in [5.74, 6) is -1.81. The summed E-state index contributed by atoms with van der Waals surface area (Å²) >= 11 is 0. The van der Waals surface area contributed by atoms with Crippen molar-refractivity contribution in [3.8, 4) is 0 Å². The van der Waals surface area contributed by atoms with Gasteiger partial charge in [0.05, 0.1) is 0 Å². The number of carboxylic acids is 2. The summed E-state index contributed by atoms with van der Waals surface area (Å²) < 4.78 is 0. The van der Waals surface area contributed by atoms with Gasteiger partial charge in [0.25, 0.3) is 0 Å². The second-order valence-corrected chi connectivity index (χ2v) is 7.20. The molecular weight excluding hydrogens is 344 g/mol. The molecule has 0 spiro atoms. The first-order valence-electron chi connectivity index (χ1n) is 9.19. The van der Waals surface area contributed by atoms with Crippen LogP contribution in [0.3, 0.4) is 0 Å². The van der Waals surface area contributed by atoms with Gasteiger partial charge in [-0.25, -0.2) is 0 Å². The fraction of sp³-hybridized carbons (Fsp3) is 0.429. The first-order valence-corrected chi connectivity index (χ1v) is 9.19. The van der Waals surface area contributed by atoms with E-state index in [9.17, 15) is 19.8 Å². The summed E-state index contributed by atoms with van der Waals surface area (Å²) in [7, 11) is 0. The SMILES string of the molecule is CC(CC1(N[C@H](C)C(=O)O)C=CC=CC1)N[C@@H](Cc1ccccc1)C(=O)O. The Balaban J connectivity index is 2.05. The van der Waals surface area contributed by atoms with Gasteiger partial charge in [-0.1, -0.05) is 54.6 Å². The molecule has 1 aliphatic rings. The summed E-state index contributed by atoms with van der Waals surface area (Å²) in [6.45, 7) is 3.55. The Labute approximate surface area is 160 Å². The van der Waals surface area contributed by atoms with Gasteiger partial charge in [0.15, 0.2) is 0 Å². The Morgan fingerprint density at radius 2 is 1.81 bits per heavy atom. The van der Waals surface area contributed by atoms with Crippen molar-refractivity contribution in [2.24, 2.45) is 0 Å². The zero-order valence-corrected chi connectivity index (χ0v) is 15.8. The van der Waals surface area contributed by atoms with Crippen LogP contribution in [0.4, 0.5) is 0 Å². The van der Waals surface area contributed by atoms with E-state index in [-0.39, 0.29) is 6.04 Å². The van der Waals surface area contributed by atoms with Crippen molar-refractivity contribution in [3.05, 3.63) is 60.2 Å². The molecule has 2 unspecified atom stereocenters. The summed E-state index contributed by atoms with van der Waals surface area (Å²) in [6.07, 6.45) is 9.41. The number of carboxylic acid groups (broad SMARTS) is 2. The molecule has 0 aromatic heterocycles. The minimum absolute atomic E-state index is 0.126. The molecule has 0 radical (unpaired) electrons. The molecule has 146 valence electrons. The van der Waals surface area contributed by atoms with Crippen LogP contribution in [0.5, 0.6) is 0 Å². The zero-order valence-electron chi connectivity index (χ0n) is 15.8. The van der Waals surface area contributed by atoms with Gasteiger partial charge in [0.1, 0.15) is 12.1 Å². The molecule has 1 aromatic carbocycles. The van der Waals surface area contributed by atoms with Crippen molar-refractivity contribution in [2.75, 3.05) is 0 Å². The predicted molar refractivity (Wildman–Crippen MR) is 105 cm³/mol. The number of nitrogens with one attached hydrogen (secondary N) is 2. The molecule has 0 fully saturated rings. The largest absolute Gasteiger partial charge is 0.480 e. The van der Waals surface area contributed by atoms with E-state index < -0.39 is 29.6 Å². The lowest BCUT2D eigenvalue weighted by molar-refractivity contribution is -0.140. The van der Waals surface area contributed by atoms with Gasteiger partial charge in [-0.2, -0.15) is 0 Å². The number of hydrogen-bond acceptors (Lipinski definition) is 4. The smallest absolute Gasteiger partial charge is 0.321 e. The summed E-state index contributed by atoms with van der Waals surface area (Å²) in [5.41, 5.74) is 0.437. The van der Waals surface area contributed by atoms with Crippen LogP contribution >= 0.6 is 0 Å². The number of allylic oxidation sites excluding steroid dienone is 2. The number of carbonyl (C=O) groups is 2. The average molecular weight is 372 g/mol. The zero-order chi connectivity index (χ0) is 19.9. The molecule has 0 aliphatic heterocycles. The second kappa shape index (κ2) is 9.48. The highest BCUT2D eigenvalue weighted by molar-refractivity contribution is 5.74. The lowest BCUT2D eigenvalue weighted by Gasteiger charge is -2.37. The van der Waals surface area contributed by atoms with E-state index in [0.717, 1.165) is 5.56 Å². The molecule has 6 heteroatoms. The van der Waals surface area contributed by atoms with Crippen molar-refractivity contribution in [3.63, 3.8) is 0 Å². The highest BCUT2D eigenvalue weighted by Crippen LogP contribution is 2.25. The molecule has 0 saturated heterocycles. The Morgan fingerprint density at radius 3 is 2.37 bits per heavy atom. The van der Waals surface area contributed by atoms with Gasteiger partial charge in [0, 0.05) is 11.6 Å². The van der Waals surface area contributed by atoms with E-state index in [1.165, 1.54) is 0 Å². The quantitative estimate of drug-likeness (QED) is 0.503. The molecule has 27 heavy (non-hydrogen) atoms. The highest BCUT2D eigenvalue weighted by atomic mass is 16.4. The fourth-order valence-corrected chi connectivity index (χ4v) is 3.49. The molecular formula is C21H28N2O4. The third-order valence-electron chi connectivity index (χ3n) is 4.76. The minimum Gasteiger partial charge on any atom is -0.480 e. The number of aliphatic carboxylic acids is 2. The lowest BCUT2D eigenvalue weighted by Crippen LogP contribution is -2.55. The van der Waals surface area contributed by atoms with Crippen LogP contribution in [-0.2, 0) is 16.0 Å². The van der Waals surface area contributed by atoms with E-state index in [1.54, 1.807) is 6.92 Å². The maximum atomic E-state index is 11.7. The van der Waals surface area contributed by atoms with Gasteiger partial charge in [-0.15, -0.1) is 0 Å². The van der Waals surface area contributed by atoms with Gasteiger partial charge < -0.3 is 15.5 Å². The third-order valence-corrected chi connectivity index (χ3v) is 4.76. The monoisotopic (exact) mass is 372 g/mol. The van der Waals surface area contributed by atoms with Crippen molar-refractivity contribution >= 4 is 11.9 Å². The molecule has 1 aliphatic carbocycles. The molecule has 0 amide bonds. The predicted octanol–water partition coefficient (Wildman–Crippen LogP) is 2.37. The molecule has 4 N–H and O–H groups in total. The molecule has 1 aromatic rings. The maximum absolute atomic E-state index is 11.7. The summed E-state index contributed by atoms with van der Waals surface area (Å²) in [6, 6.07) is 7.97. The second-order valence-electron chi connectivity index (χ2n) is 7.20. The Kier molecular flexibility index (Phi) is 7.33. The molecule has 6 nitrogen and oxygen atoms in total. The van der Waals surface area contributed by atoms with Crippen molar-refractivity contribution in [1.82, 2.24) is 10.6 Å². The summed E-state index contributed by atoms with van der Waals surface area (Å²) in [5, 5.41) is 25.2. The first-order chi connectivity index (χ1) is 12.8. The minimum atomic E-state index is -0.912. The fourth-order valence-electron chi connectivity index (χ4n) is 3.49. The van der Waals surface area contributed by atoms with E-state index in [2.05, 4.69) is 10.6 Å². The van der Waals surface area contributed by atoms with Crippen LogP contribution in [0.2, 0.25) is 0 Å². The van der Waals surface area contributed by atoms with Crippen LogP contribution in [-0.4, -0.2) is 45.8 Å². The Bertz CT molecular complexity index is 701. The maximum Gasteiger partial charge on any atom is 0.321 e. The first kappa shape index (κ1) is 20.9. The Morgan fingerprint density at radius 1 is 1.11 bits per heavy atom. The van der Waals surface area contributed by atoms with E-state index in [4.69, 9.17) is 0 Å². The average Bonchev–Trinajstić information content (AvgIpc) is 2.62. The number of hydrogen-bond donors (Lipinski definition) is 4. The van der Waals surface area contributed by atoms with Crippen LogP contribution in [0.15, 0.2) is 54.6 Å². The molecule has 0 saturated carbocycles. The van der Waals surface area contributed by atoms with E-state index in [0.29, 0.717) is 19.3 Å². The van der Waals surface area contributed by atoms with E-state index >= 15 is 0 Å². The number of benzene rings is 1. The van der Waals surface area contributed by atoms with Crippen LogP contribution in [0.25, 0.3) is 0 Å². The Hall–Kier alpha value is -2.44. The molecule has 4 atom stereocenters. The summed E-state index contributed by atoms with van der Waals surface area (Å²) in [4.78, 5) is 23.0. The number of rotatable bonds is 10. The van der Waals surface area contributed by atoms with Gasteiger partial charge in [0.2, 0.25) is 0 Å². The van der Waals surface area contributed by atoms with Gasteiger partial charge in [-0.3, -0.25) is 14.9 Å². The van der Waals surface area contributed by atoms with Crippen molar-refractivity contribution in [2.45, 2.75) is 56.8 Å². The molecule has 0 bridgehead atoms. The lowest BCUT2D eigenvalue weighted by atomic mass is 9.84. The van der Waals surface area contributed by atoms with Crippen molar-refractivity contribution in [1.29, 1.82) is 0 Å². The third kappa shape index (κ3) is 6.34. The topological polar surface area (TPSA) is 98.7 Å². The van der Waals surface area contributed by atoms with Crippen LogP contribution in [0.1, 0.15) is 32.3 Å². The standard InChI is InChI=1S/C21H28N2O4/c1-15(22-18(20(26)27)13-17-9-5-3-6-10-17)14-21(11-7-4-8-12-21)23-16(2)19(24)25/h3-11,15-16,18,22-23H,12-14H2,1-2H3,(H,24,25)(H,26,27)/t15?,16-,18+,21?/m1/s1. The molecule has 0 heterocycles. The van der Waals surface area contributed by atoms with Crippen LogP contribution in [0, 0.1) is 0 Å². The van der Waals surface area contributed by atoms with Gasteiger partial charge >= 0.3 is 11.9 Å². The normalized spacial score (nSPS) is 22.1. The van der Waals surface area contributed by atoms with E-state index in [1.807, 2.05) is 61.6 Å². The van der Waals surface area contributed by atoms with Crippen molar-refractivity contribution < 1.29 is 19.8 Å². The highest BCUT2D eigenvalue weighted by Gasteiger charge is 2.33.